The van der Waals surface area contributed by atoms with Gasteiger partial charge in [0.05, 0.1) is 8.52 Å². The van der Waals surface area contributed by atoms with Crippen LogP contribution in [-0.2, 0) is 43.7 Å². The number of hydroxylamine groups is 2. The second-order valence-corrected chi connectivity index (χ2v) is 8.28. The molecular weight excluding hydrogens is 413 g/mol. The van der Waals surface area contributed by atoms with Gasteiger partial charge in [-0.1, -0.05) is 13.2 Å². The van der Waals surface area contributed by atoms with Gasteiger partial charge < -0.3 is 9.94 Å². The van der Waals surface area contributed by atoms with Gasteiger partial charge in [0.25, 0.3) is 11.8 Å². The largest absolute Gasteiger partial charge is 0.480 e. The zero-order valence-corrected chi connectivity index (χ0v) is 15.5. The number of carboxylic acids is 1. The Hall–Kier alpha value is -2.61. The van der Waals surface area contributed by atoms with Crippen molar-refractivity contribution in [3.05, 3.63) is 24.0 Å². The van der Waals surface area contributed by atoms with Gasteiger partial charge in [0, 0.05) is 23.7 Å². The molecule has 0 aromatic carbocycles. The molecule has 0 atom stereocenters. The number of imide groups is 1. The summed E-state index contributed by atoms with van der Waals surface area (Å²) in [6, 6.07) is 0. The van der Waals surface area contributed by atoms with E-state index in [4.69, 9.17) is 6.48 Å². The predicted octanol–water partition coefficient (Wildman–Crippen LogP) is -0.633. The van der Waals surface area contributed by atoms with Crippen molar-refractivity contribution < 1.29 is 51.7 Å². The number of aliphatic carboxylic acids is 1. The van der Waals surface area contributed by atoms with Crippen molar-refractivity contribution in [3.63, 3.8) is 0 Å². The maximum absolute atomic E-state index is 11.1. The molecule has 0 saturated carbocycles. The summed E-state index contributed by atoms with van der Waals surface area (Å²) in [6.07, 6.45) is -0.0827. The van der Waals surface area contributed by atoms with Crippen molar-refractivity contribution in [2.75, 3.05) is 18.7 Å². The van der Waals surface area contributed by atoms with Crippen LogP contribution in [0.25, 0.3) is 0 Å². The lowest BCUT2D eigenvalue weighted by Crippen LogP contribution is -2.34. The number of hydrogen-bond donors (Lipinski definition) is 1. The number of hydrogen-bond acceptors (Lipinski definition) is 9. The minimum atomic E-state index is -3.76. The molecule has 1 saturated heterocycles. The predicted molar refractivity (Wildman–Crippen MR) is 89.8 cm³/mol. The summed E-state index contributed by atoms with van der Waals surface area (Å²) in [6.45, 7) is 5.94. The van der Waals surface area contributed by atoms with E-state index in [1.54, 1.807) is 0 Å². The van der Waals surface area contributed by atoms with Gasteiger partial charge in [-0.3, -0.25) is 18.8 Å². The normalized spacial score (nSPS) is 14.0. The Morgan fingerprint density at radius 3 is 1.81 bits per heavy atom. The molecule has 11 nitrogen and oxygen atoms in total. The number of nitrogens with zero attached hydrogens (tertiary/aromatic N) is 1. The Morgan fingerprint density at radius 2 is 1.52 bits per heavy atom. The zero-order valence-electron chi connectivity index (χ0n) is 14.9. The van der Waals surface area contributed by atoms with Crippen LogP contribution in [-0.4, -0.2) is 69.4 Å². The van der Waals surface area contributed by atoms with E-state index >= 15 is 0 Å². The van der Waals surface area contributed by atoms with Gasteiger partial charge in [-0.25, -0.2) is 21.6 Å². The molecule has 1 aliphatic heterocycles. The fraction of sp³-hybridized carbons (Fsp3) is 0.385. The molecule has 27 heavy (non-hydrogen) atoms. The highest BCUT2D eigenvalue weighted by Crippen LogP contribution is 2.12. The van der Waals surface area contributed by atoms with Crippen LogP contribution in [0.15, 0.2) is 24.0 Å². The van der Waals surface area contributed by atoms with Crippen LogP contribution in [0, 0.1) is 0 Å². The van der Waals surface area contributed by atoms with Gasteiger partial charge in [0.15, 0.2) is 31.2 Å². The lowest BCUT2D eigenvalue weighted by atomic mass is 10.4. The third kappa shape index (κ3) is 11.6. The highest BCUT2D eigenvalue weighted by atomic mass is 32.2. The first-order chi connectivity index (χ1) is 12.7. The monoisotopic (exact) mass is 432 g/mol. The first-order valence-corrected chi connectivity index (χ1v) is 10.0. The minimum Gasteiger partial charge on any atom is -0.480 e. The van der Waals surface area contributed by atoms with Gasteiger partial charge >= 0.3 is 11.9 Å². The lowest BCUT2D eigenvalue weighted by Gasteiger charge is -2.11. The summed E-state index contributed by atoms with van der Waals surface area (Å²) in [5, 5.41) is 9.47. The summed E-state index contributed by atoms with van der Waals surface area (Å²) in [4.78, 5) is 47.2. The van der Waals surface area contributed by atoms with Gasteiger partial charge in [0.1, 0.15) is 0 Å². The average Bonchev–Trinajstić information content (AvgIpc) is 2.86. The first kappa shape index (κ1) is 24.4. The SMILES string of the molecule is C=CS(=O)(=O)CC(=O)O.C=CS(=O)(=O)CC(=O)ON1C(=O)CCC1=O.[2H]CF. The molecule has 1 fully saturated rings. The average molecular weight is 432 g/mol. The number of halogens is 1. The van der Waals surface area contributed by atoms with Gasteiger partial charge in [-0.15, -0.1) is 5.06 Å². The van der Waals surface area contributed by atoms with E-state index in [-0.39, 0.29) is 12.8 Å². The Labute approximate surface area is 156 Å². The summed E-state index contributed by atoms with van der Waals surface area (Å²) >= 11 is 0. The van der Waals surface area contributed by atoms with Crippen molar-refractivity contribution in [2.24, 2.45) is 0 Å². The first-order valence-electron chi connectivity index (χ1n) is 7.29. The van der Waals surface area contributed by atoms with E-state index in [2.05, 4.69) is 18.0 Å². The van der Waals surface area contributed by atoms with Crippen LogP contribution in [0.4, 0.5) is 4.39 Å². The second kappa shape index (κ2) is 11.9. The van der Waals surface area contributed by atoms with Gasteiger partial charge in [-0.2, -0.15) is 0 Å². The van der Waals surface area contributed by atoms with Gasteiger partial charge in [0.2, 0.25) is 0 Å². The molecule has 2 amide bonds. The summed E-state index contributed by atoms with van der Waals surface area (Å²) in [7, 11) is -8.31. The molecular formula is C13H18FNO10S2. The van der Waals surface area contributed by atoms with Crippen LogP contribution in [0.1, 0.15) is 14.2 Å². The van der Waals surface area contributed by atoms with Crippen molar-refractivity contribution in [1.29, 1.82) is 0 Å². The number of amides is 2. The molecule has 154 valence electrons. The molecule has 0 bridgehead atoms. The van der Waals surface area contributed by atoms with Crippen LogP contribution in [0.5, 0.6) is 0 Å². The van der Waals surface area contributed by atoms with Crippen molar-refractivity contribution >= 4 is 43.4 Å². The molecule has 1 N–H and O–H groups in total. The second-order valence-electron chi connectivity index (χ2n) is 4.39. The maximum atomic E-state index is 11.1. The maximum Gasteiger partial charge on any atom is 0.348 e. The third-order valence-electron chi connectivity index (χ3n) is 2.35. The quantitative estimate of drug-likeness (QED) is 0.511. The van der Waals surface area contributed by atoms with E-state index in [9.17, 15) is 40.4 Å². The standard InChI is InChI=1S/C8H9NO6S.C4H6O4S.CH3F/c1-2-16(13,14)5-8(12)15-9-6(10)3-4-7(9)11;1-2-9(7,8)3-4(5)6;1-2/h2H,1,3-5H2;2H,1,3H2,(H,5,6);1H3/i;;1D. The highest BCUT2D eigenvalue weighted by Gasteiger charge is 2.33. The van der Waals surface area contributed by atoms with Crippen LogP contribution in [0.2, 0.25) is 0 Å². The minimum absolute atomic E-state index is 0.0413. The number of sulfone groups is 2. The molecule has 0 aromatic heterocycles. The molecule has 0 spiro atoms. The topological polar surface area (TPSA) is 169 Å². The van der Waals surface area contributed by atoms with E-state index in [1.807, 2.05) is 0 Å². The van der Waals surface area contributed by atoms with E-state index in [0.29, 0.717) is 15.9 Å². The lowest BCUT2D eigenvalue weighted by molar-refractivity contribution is -0.195. The Bertz CT molecular complexity index is 806. The van der Waals surface area contributed by atoms with E-state index in [0.717, 1.165) is 0 Å². The molecule has 1 aliphatic rings. The number of alkyl halides is 1. The van der Waals surface area contributed by atoms with Crippen LogP contribution >= 0.6 is 0 Å². The summed E-state index contributed by atoms with van der Waals surface area (Å²) in [5.74, 6) is -5.70. The Kier molecular flexibility index (Phi) is 10.7. The summed E-state index contributed by atoms with van der Waals surface area (Å²) in [5.41, 5.74) is 0. The number of carboxylic acid groups (broad SMARTS) is 1. The summed E-state index contributed by atoms with van der Waals surface area (Å²) < 4.78 is 58.0. The zero-order chi connectivity index (χ0) is 22.5. The molecule has 0 aliphatic carbocycles. The van der Waals surface area contributed by atoms with Crippen molar-refractivity contribution in [1.82, 2.24) is 5.06 Å². The Balaban J connectivity index is 0. The van der Waals surface area contributed by atoms with E-state index < -0.39 is 62.1 Å². The molecule has 14 heteroatoms. The molecule has 0 unspecified atom stereocenters. The van der Waals surface area contributed by atoms with E-state index in [1.165, 1.54) is 0 Å². The number of carbonyl (C=O) groups excluding carboxylic acids is 3. The van der Waals surface area contributed by atoms with Crippen LogP contribution < -0.4 is 0 Å². The number of carbonyl (C=O) groups is 4. The fourth-order valence-corrected chi connectivity index (χ4v) is 2.20. The fourth-order valence-electron chi connectivity index (χ4n) is 1.24. The van der Waals surface area contributed by atoms with Crippen molar-refractivity contribution in [2.45, 2.75) is 12.8 Å². The molecule has 1 heterocycles. The van der Waals surface area contributed by atoms with Gasteiger partial charge in [-0.05, 0) is 0 Å². The third-order valence-corrected chi connectivity index (χ3v) is 4.65. The molecule has 1 rings (SSSR count). The number of rotatable bonds is 7. The smallest absolute Gasteiger partial charge is 0.348 e. The van der Waals surface area contributed by atoms with Crippen molar-refractivity contribution in [3.8, 4) is 0 Å². The molecule has 0 aromatic rings. The molecule has 0 radical (unpaired) electrons. The van der Waals surface area contributed by atoms with Crippen LogP contribution in [0.3, 0.4) is 0 Å². The Morgan fingerprint density at radius 1 is 1.15 bits per heavy atom. The highest BCUT2D eigenvalue weighted by molar-refractivity contribution is 7.95.